The Hall–Kier alpha value is -1.10. The number of carboxylic acid groups (broad SMARTS) is 1. The Morgan fingerprint density at radius 3 is 2.87 bits per heavy atom. The first kappa shape index (κ1) is 12.0. The van der Waals surface area contributed by atoms with Crippen LogP contribution in [0.5, 0.6) is 0 Å². The summed E-state index contributed by atoms with van der Waals surface area (Å²) >= 11 is 0. The molecule has 0 radical (unpaired) electrons. The minimum atomic E-state index is -0.950. The number of rotatable bonds is 4. The first-order valence-corrected chi connectivity index (χ1v) is 5.24. The van der Waals surface area contributed by atoms with Crippen molar-refractivity contribution in [2.45, 2.75) is 26.3 Å². The Morgan fingerprint density at radius 2 is 2.33 bits per heavy atom. The molecule has 0 saturated carbocycles. The van der Waals surface area contributed by atoms with Gasteiger partial charge in [-0.2, -0.15) is 0 Å². The topological polar surface area (TPSA) is 69.6 Å². The summed E-state index contributed by atoms with van der Waals surface area (Å²) in [6.07, 6.45) is 0.759. The number of hydrogen-bond acceptors (Lipinski definition) is 3. The summed E-state index contributed by atoms with van der Waals surface area (Å²) in [5.41, 5.74) is 0. The Kier molecular flexibility index (Phi) is 4.08. The zero-order valence-corrected chi connectivity index (χ0v) is 9.19. The summed E-state index contributed by atoms with van der Waals surface area (Å²) < 4.78 is 0. The molecule has 2 N–H and O–H groups in total. The maximum Gasteiger partial charge on any atom is 0.323 e. The Bertz CT molecular complexity index is 253. The summed E-state index contributed by atoms with van der Waals surface area (Å²) in [4.78, 5) is 23.7. The van der Waals surface area contributed by atoms with Crippen LogP contribution >= 0.6 is 0 Å². The van der Waals surface area contributed by atoms with E-state index in [0.29, 0.717) is 19.0 Å². The van der Waals surface area contributed by atoms with Gasteiger partial charge < -0.3 is 15.3 Å². The predicted octanol–water partition coefficient (Wildman–Crippen LogP) is -0.0825. The van der Waals surface area contributed by atoms with Gasteiger partial charge in [0.1, 0.15) is 6.54 Å². The van der Waals surface area contributed by atoms with E-state index in [1.807, 2.05) is 13.8 Å². The van der Waals surface area contributed by atoms with Gasteiger partial charge in [-0.15, -0.1) is 0 Å². The van der Waals surface area contributed by atoms with Gasteiger partial charge in [0.25, 0.3) is 0 Å². The minimum absolute atomic E-state index is 0.0858. The standard InChI is InChI=1S/C10H18N2O3/c1-7(2)5-8-10(15)12(4-3-11-8)6-9(13)14/h7-8,11H,3-6H2,1-2H3,(H,13,14)/t8-/m0/s1. The van der Waals surface area contributed by atoms with E-state index in [2.05, 4.69) is 5.32 Å². The van der Waals surface area contributed by atoms with E-state index in [0.717, 1.165) is 6.42 Å². The first-order valence-electron chi connectivity index (χ1n) is 5.24. The van der Waals surface area contributed by atoms with Gasteiger partial charge in [-0.05, 0) is 12.3 Å². The molecule has 0 aromatic rings. The van der Waals surface area contributed by atoms with E-state index >= 15 is 0 Å². The van der Waals surface area contributed by atoms with Gasteiger partial charge in [0, 0.05) is 13.1 Å². The normalized spacial score (nSPS) is 22.2. The molecule has 0 aliphatic carbocycles. The van der Waals surface area contributed by atoms with Gasteiger partial charge in [0.15, 0.2) is 0 Å². The lowest BCUT2D eigenvalue weighted by Crippen LogP contribution is -2.56. The van der Waals surface area contributed by atoms with Gasteiger partial charge in [0.2, 0.25) is 5.91 Å². The number of hydrogen-bond donors (Lipinski definition) is 2. The van der Waals surface area contributed by atoms with E-state index in [4.69, 9.17) is 5.11 Å². The predicted molar refractivity (Wildman–Crippen MR) is 55.5 cm³/mol. The number of aliphatic carboxylic acids is 1. The van der Waals surface area contributed by atoms with E-state index < -0.39 is 5.97 Å². The Balaban J connectivity index is 2.54. The molecule has 1 saturated heterocycles. The summed E-state index contributed by atoms with van der Waals surface area (Å²) in [5, 5.41) is 11.8. The number of nitrogens with one attached hydrogen (secondary N) is 1. The van der Waals surface area contributed by atoms with Crippen molar-refractivity contribution in [2.75, 3.05) is 19.6 Å². The van der Waals surface area contributed by atoms with E-state index in [1.165, 1.54) is 4.90 Å². The highest BCUT2D eigenvalue weighted by molar-refractivity contribution is 5.86. The van der Waals surface area contributed by atoms with Gasteiger partial charge in [0.05, 0.1) is 6.04 Å². The van der Waals surface area contributed by atoms with Gasteiger partial charge >= 0.3 is 5.97 Å². The zero-order valence-electron chi connectivity index (χ0n) is 9.19. The molecule has 5 nitrogen and oxygen atoms in total. The average molecular weight is 214 g/mol. The highest BCUT2D eigenvalue weighted by Gasteiger charge is 2.29. The van der Waals surface area contributed by atoms with Crippen molar-refractivity contribution in [1.82, 2.24) is 10.2 Å². The largest absolute Gasteiger partial charge is 0.480 e. The Morgan fingerprint density at radius 1 is 1.67 bits per heavy atom. The van der Waals surface area contributed by atoms with Gasteiger partial charge in [-0.3, -0.25) is 9.59 Å². The SMILES string of the molecule is CC(C)C[C@@H]1NCCN(CC(=O)O)C1=O. The fourth-order valence-electron chi connectivity index (χ4n) is 1.77. The molecule has 1 atom stereocenters. The molecule has 0 spiro atoms. The maximum atomic E-state index is 11.8. The van der Waals surface area contributed by atoms with Crippen molar-refractivity contribution in [3.05, 3.63) is 0 Å². The fraction of sp³-hybridized carbons (Fsp3) is 0.800. The molecule has 0 aromatic heterocycles. The van der Waals surface area contributed by atoms with E-state index in [1.54, 1.807) is 0 Å². The van der Waals surface area contributed by atoms with Crippen LogP contribution in [0.1, 0.15) is 20.3 Å². The van der Waals surface area contributed by atoms with Crippen molar-refractivity contribution in [2.24, 2.45) is 5.92 Å². The Labute approximate surface area is 89.4 Å². The molecule has 1 amide bonds. The zero-order chi connectivity index (χ0) is 11.4. The third-order valence-electron chi connectivity index (χ3n) is 2.42. The van der Waals surface area contributed by atoms with Crippen LogP contribution in [0.15, 0.2) is 0 Å². The van der Waals surface area contributed by atoms with Crippen molar-refractivity contribution in [1.29, 1.82) is 0 Å². The smallest absolute Gasteiger partial charge is 0.323 e. The third kappa shape index (κ3) is 3.51. The molecule has 5 heteroatoms. The highest BCUT2D eigenvalue weighted by atomic mass is 16.4. The van der Waals surface area contributed by atoms with E-state index in [9.17, 15) is 9.59 Å². The van der Waals surface area contributed by atoms with Crippen LogP contribution in [0.3, 0.4) is 0 Å². The maximum absolute atomic E-state index is 11.8. The van der Waals surface area contributed by atoms with Crippen molar-refractivity contribution >= 4 is 11.9 Å². The molecule has 15 heavy (non-hydrogen) atoms. The summed E-state index contributed by atoms with van der Waals surface area (Å²) in [6, 6.07) is -0.210. The molecule has 0 aromatic carbocycles. The number of carboxylic acids is 1. The highest BCUT2D eigenvalue weighted by Crippen LogP contribution is 2.10. The van der Waals surface area contributed by atoms with Crippen LogP contribution in [0.25, 0.3) is 0 Å². The van der Waals surface area contributed by atoms with E-state index in [-0.39, 0.29) is 18.5 Å². The van der Waals surface area contributed by atoms with Crippen LogP contribution in [0.2, 0.25) is 0 Å². The van der Waals surface area contributed by atoms with Crippen LogP contribution in [-0.4, -0.2) is 47.6 Å². The minimum Gasteiger partial charge on any atom is -0.480 e. The van der Waals surface area contributed by atoms with Crippen LogP contribution in [0, 0.1) is 5.92 Å². The lowest BCUT2D eigenvalue weighted by atomic mass is 10.0. The van der Waals surface area contributed by atoms with Crippen LogP contribution in [-0.2, 0) is 9.59 Å². The fourth-order valence-corrected chi connectivity index (χ4v) is 1.77. The lowest BCUT2D eigenvalue weighted by Gasteiger charge is -2.32. The van der Waals surface area contributed by atoms with Gasteiger partial charge in [-0.1, -0.05) is 13.8 Å². The number of carbonyl (C=O) groups excluding carboxylic acids is 1. The van der Waals surface area contributed by atoms with Gasteiger partial charge in [-0.25, -0.2) is 0 Å². The molecule has 0 bridgehead atoms. The molecular formula is C10H18N2O3. The molecular weight excluding hydrogens is 196 g/mol. The first-order chi connectivity index (χ1) is 7.00. The molecule has 1 aliphatic rings. The summed E-state index contributed by atoms with van der Waals surface area (Å²) in [5.74, 6) is -0.609. The molecule has 86 valence electrons. The van der Waals surface area contributed by atoms with Crippen LogP contribution in [0.4, 0.5) is 0 Å². The second-order valence-electron chi connectivity index (χ2n) is 4.29. The number of piperazine rings is 1. The second-order valence-corrected chi connectivity index (χ2v) is 4.29. The molecule has 0 unspecified atom stereocenters. The monoisotopic (exact) mass is 214 g/mol. The van der Waals surface area contributed by atoms with Crippen molar-refractivity contribution < 1.29 is 14.7 Å². The molecule has 1 aliphatic heterocycles. The molecule has 1 heterocycles. The summed E-state index contributed by atoms with van der Waals surface area (Å²) in [6.45, 7) is 5.07. The number of nitrogens with zero attached hydrogens (tertiary/aromatic N) is 1. The quantitative estimate of drug-likeness (QED) is 0.686. The van der Waals surface area contributed by atoms with Crippen molar-refractivity contribution in [3.8, 4) is 0 Å². The molecule has 1 rings (SSSR count). The number of amides is 1. The number of carbonyl (C=O) groups is 2. The average Bonchev–Trinajstić information content (AvgIpc) is 2.10. The third-order valence-corrected chi connectivity index (χ3v) is 2.42. The summed E-state index contributed by atoms with van der Waals surface area (Å²) in [7, 11) is 0. The van der Waals surface area contributed by atoms with Crippen LogP contribution < -0.4 is 5.32 Å². The lowest BCUT2D eigenvalue weighted by molar-refractivity contribution is -0.146. The molecule has 1 fully saturated rings. The van der Waals surface area contributed by atoms with Crippen molar-refractivity contribution in [3.63, 3.8) is 0 Å². The second kappa shape index (κ2) is 5.11.